The fraction of sp³-hybridized carbons (Fsp3) is 0.286. The number of aromatic nitrogens is 1. The average molecular weight is 320 g/mol. The Bertz CT molecular complexity index is 714. The Kier molecular flexibility index (Phi) is 4.71. The molecule has 0 radical (unpaired) electrons. The summed E-state index contributed by atoms with van der Waals surface area (Å²) in [6.07, 6.45) is 0. The molecule has 0 aliphatic heterocycles. The molecule has 8 heteroatoms. The second-order valence-electron chi connectivity index (χ2n) is 4.75. The first-order valence-electron chi connectivity index (χ1n) is 6.55. The summed E-state index contributed by atoms with van der Waals surface area (Å²) in [6, 6.07) is 4.27. The molecular formula is C14H16N4O3S. The van der Waals surface area contributed by atoms with Crippen LogP contribution in [-0.2, 0) is 6.54 Å². The number of aryl methyl sites for hydroxylation is 1. The zero-order valence-corrected chi connectivity index (χ0v) is 13.3. The zero-order valence-electron chi connectivity index (χ0n) is 12.5. The molecule has 0 fully saturated rings. The summed E-state index contributed by atoms with van der Waals surface area (Å²) >= 11 is 1.56. The number of anilines is 1. The number of benzene rings is 1. The molecule has 0 spiro atoms. The minimum absolute atomic E-state index is 0.111. The molecular weight excluding hydrogens is 304 g/mol. The molecule has 116 valence electrons. The van der Waals surface area contributed by atoms with Crippen LogP contribution in [-0.4, -0.2) is 29.9 Å². The molecule has 1 N–H and O–H groups in total. The maximum absolute atomic E-state index is 12.0. The fourth-order valence-corrected chi connectivity index (χ4v) is 2.70. The number of hydrogen-bond donors (Lipinski definition) is 1. The molecule has 0 aliphatic carbocycles. The number of carbonyl (C=O) groups is 1. The molecule has 0 saturated carbocycles. The maximum atomic E-state index is 12.0. The summed E-state index contributed by atoms with van der Waals surface area (Å²) in [5.41, 5.74) is 1.67. The van der Waals surface area contributed by atoms with Crippen LogP contribution in [0, 0.1) is 17.0 Å². The van der Waals surface area contributed by atoms with Crippen LogP contribution in [0.2, 0.25) is 0 Å². The van der Waals surface area contributed by atoms with Gasteiger partial charge in [-0.1, -0.05) is 0 Å². The molecule has 0 saturated heterocycles. The van der Waals surface area contributed by atoms with Gasteiger partial charge in [0, 0.05) is 31.6 Å². The quantitative estimate of drug-likeness (QED) is 0.675. The predicted octanol–water partition coefficient (Wildman–Crippen LogP) is 2.36. The highest BCUT2D eigenvalue weighted by Gasteiger charge is 2.18. The van der Waals surface area contributed by atoms with Gasteiger partial charge < -0.3 is 10.2 Å². The third-order valence-electron chi connectivity index (χ3n) is 3.14. The van der Waals surface area contributed by atoms with Crippen molar-refractivity contribution >= 4 is 28.6 Å². The summed E-state index contributed by atoms with van der Waals surface area (Å²) in [6.45, 7) is 2.45. The molecule has 2 aromatic rings. The van der Waals surface area contributed by atoms with Gasteiger partial charge in [0.05, 0.1) is 33.4 Å². The van der Waals surface area contributed by atoms with Crippen molar-refractivity contribution < 1.29 is 9.72 Å². The second-order valence-corrected chi connectivity index (χ2v) is 5.81. The molecule has 7 nitrogen and oxygen atoms in total. The highest BCUT2D eigenvalue weighted by atomic mass is 32.1. The highest BCUT2D eigenvalue weighted by molar-refractivity contribution is 7.09. The topological polar surface area (TPSA) is 88.4 Å². The molecule has 0 atom stereocenters. The number of nitro benzene ring substituents is 1. The molecule has 0 unspecified atom stereocenters. The van der Waals surface area contributed by atoms with Crippen molar-refractivity contribution in [1.29, 1.82) is 0 Å². The van der Waals surface area contributed by atoms with Gasteiger partial charge in [0.25, 0.3) is 11.6 Å². The minimum Gasteiger partial charge on any atom is -0.368 e. The van der Waals surface area contributed by atoms with E-state index in [1.54, 1.807) is 17.4 Å². The number of hydrogen-bond acceptors (Lipinski definition) is 6. The van der Waals surface area contributed by atoms with Crippen LogP contribution in [0.15, 0.2) is 23.6 Å². The number of nitrogens with one attached hydrogen (secondary N) is 1. The van der Waals surface area contributed by atoms with Gasteiger partial charge in [-0.3, -0.25) is 14.9 Å². The monoisotopic (exact) mass is 320 g/mol. The summed E-state index contributed by atoms with van der Waals surface area (Å²) in [4.78, 5) is 28.6. The summed E-state index contributed by atoms with van der Waals surface area (Å²) in [5, 5.41) is 16.3. The van der Waals surface area contributed by atoms with Gasteiger partial charge in [-0.2, -0.15) is 0 Å². The normalized spacial score (nSPS) is 10.3. The number of carbonyl (C=O) groups excluding carboxylic acids is 1. The lowest BCUT2D eigenvalue weighted by molar-refractivity contribution is -0.384. The molecule has 0 bridgehead atoms. The van der Waals surface area contributed by atoms with Crippen LogP contribution in [0.4, 0.5) is 11.4 Å². The zero-order chi connectivity index (χ0) is 16.3. The second kappa shape index (κ2) is 6.52. The lowest BCUT2D eigenvalue weighted by atomic mass is 10.1. The Balaban J connectivity index is 2.35. The molecule has 22 heavy (non-hydrogen) atoms. The Morgan fingerprint density at radius 3 is 2.77 bits per heavy atom. The van der Waals surface area contributed by atoms with Crippen molar-refractivity contribution in [3.8, 4) is 0 Å². The number of thiazole rings is 1. The Morgan fingerprint density at radius 2 is 2.23 bits per heavy atom. The Labute approximate surface area is 131 Å². The summed E-state index contributed by atoms with van der Waals surface area (Å²) in [5.74, 6) is -0.361. The predicted molar refractivity (Wildman–Crippen MR) is 85.4 cm³/mol. The smallest absolute Gasteiger partial charge is 0.270 e. The van der Waals surface area contributed by atoms with Gasteiger partial charge in [-0.05, 0) is 13.0 Å². The van der Waals surface area contributed by atoms with E-state index in [1.165, 1.54) is 19.2 Å². The number of nitro groups is 1. The summed E-state index contributed by atoms with van der Waals surface area (Å²) < 4.78 is 0. The van der Waals surface area contributed by atoms with Crippen LogP contribution < -0.4 is 10.2 Å². The lowest BCUT2D eigenvalue weighted by Crippen LogP contribution is -2.24. The van der Waals surface area contributed by atoms with Crippen LogP contribution in [0.5, 0.6) is 0 Å². The van der Waals surface area contributed by atoms with Gasteiger partial charge in [-0.15, -0.1) is 11.3 Å². The first-order valence-corrected chi connectivity index (χ1v) is 7.43. The maximum Gasteiger partial charge on any atom is 0.270 e. The molecule has 1 aromatic carbocycles. The first-order chi connectivity index (χ1) is 10.4. The van der Waals surface area contributed by atoms with Crippen LogP contribution in [0.25, 0.3) is 0 Å². The van der Waals surface area contributed by atoms with Gasteiger partial charge in [-0.25, -0.2) is 4.98 Å². The van der Waals surface area contributed by atoms with E-state index in [-0.39, 0.29) is 17.2 Å². The molecule has 0 aliphatic rings. The van der Waals surface area contributed by atoms with E-state index in [1.807, 2.05) is 24.3 Å². The van der Waals surface area contributed by atoms with Crippen LogP contribution >= 0.6 is 11.3 Å². The minimum atomic E-state index is -0.514. The van der Waals surface area contributed by atoms with E-state index in [0.29, 0.717) is 12.2 Å². The molecule has 1 amide bonds. The Morgan fingerprint density at radius 1 is 1.50 bits per heavy atom. The Hall–Kier alpha value is -2.48. The van der Waals surface area contributed by atoms with E-state index in [9.17, 15) is 14.9 Å². The van der Waals surface area contributed by atoms with Crippen molar-refractivity contribution in [1.82, 2.24) is 10.3 Å². The third kappa shape index (κ3) is 3.40. The van der Waals surface area contributed by atoms with E-state index in [4.69, 9.17) is 0 Å². The van der Waals surface area contributed by atoms with Crippen molar-refractivity contribution in [2.45, 2.75) is 13.5 Å². The van der Waals surface area contributed by atoms with Crippen molar-refractivity contribution in [2.24, 2.45) is 0 Å². The largest absolute Gasteiger partial charge is 0.368 e. The van der Waals surface area contributed by atoms with Crippen molar-refractivity contribution in [3.05, 3.63) is 50.0 Å². The van der Waals surface area contributed by atoms with Crippen LogP contribution in [0.1, 0.15) is 21.1 Å². The van der Waals surface area contributed by atoms with Gasteiger partial charge in [0.2, 0.25) is 0 Å². The first kappa shape index (κ1) is 15.9. The third-order valence-corrected chi connectivity index (χ3v) is 3.96. The van der Waals surface area contributed by atoms with Crippen molar-refractivity contribution in [2.75, 3.05) is 19.0 Å². The van der Waals surface area contributed by atoms with E-state index >= 15 is 0 Å². The van der Waals surface area contributed by atoms with Crippen LogP contribution in [0.3, 0.4) is 0 Å². The molecule has 1 heterocycles. The van der Waals surface area contributed by atoms with Gasteiger partial charge in [0.1, 0.15) is 0 Å². The standard InChI is InChI=1S/C14H16N4O3S/c1-9-16-10(8-22-9)7-17(3)13-5-4-11(18(20)21)6-12(13)14(19)15-2/h4-6,8H,7H2,1-3H3,(H,15,19). The highest BCUT2D eigenvalue weighted by Crippen LogP contribution is 2.26. The van der Waals surface area contributed by atoms with E-state index < -0.39 is 4.92 Å². The van der Waals surface area contributed by atoms with E-state index in [0.717, 1.165) is 10.7 Å². The fourth-order valence-electron chi connectivity index (χ4n) is 2.10. The number of rotatable bonds is 5. The summed E-state index contributed by atoms with van der Waals surface area (Å²) in [7, 11) is 3.32. The number of amides is 1. The van der Waals surface area contributed by atoms with Gasteiger partial charge >= 0.3 is 0 Å². The lowest BCUT2D eigenvalue weighted by Gasteiger charge is -2.21. The molecule has 1 aromatic heterocycles. The van der Waals surface area contributed by atoms with Crippen molar-refractivity contribution in [3.63, 3.8) is 0 Å². The van der Waals surface area contributed by atoms with E-state index in [2.05, 4.69) is 10.3 Å². The van der Waals surface area contributed by atoms with Gasteiger partial charge in [0.15, 0.2) is 0 Å². The number of nitrogens with zero attached hydrogens (tertiary/aromatic N) is 3. The number of non-ortho nitro benzene ring substituents is 1. The molecule has 2 rings (SSSR count). The average Bonchev–Trinajstić information content (AvgIpc) is 2.90. The SMILES string of the molecule is CNC(=O)c1cc([N+](=O)[O-])ccc1N(C)Cc1csc(C)n1.